The van der Waals surface area contributed by atoms with Gasteiger partial charge in [0.25, 0.3) is 5.69 Å². The number of hydrogen-bond donors (Lipinski definition) is 4. The maximum absolute atomic E-state index is 14.1. The van der Waals surface area contributed by atoms with Gasteiger partial charge in [0, 0.05) is 36.6 Å². The van der Waals surface area contributed by atoms with Crippen molar-refractivity contribution in [3.05, 3.63) is 39.9 Å². The Morgan fingerprint density at radius 3 is 2.24 bits per heavy atom. The number of esters is 2. The number of aliphatic hydroxyl groups is 3. The topological polar surface area (TPSA) is 216 Å². The van der Waals surface area contributed by atoms with Gasteiger partial charge in [0.05, 0.1) is 41.1 Å². The lowest BCUT2D eigenvalue weighted by Crippen LogP contribution is -2.60. The van der Waals surface area contributed by atoms with Gasteiger partial charge in [-0.05, 0) is 80.5 Å². The average molecular weight is 782 g/mol. The second kappa shape index (κ2) is 19.3. The Hall–Kier alpha value is -3.25. The van der Waals surface area contributed by atoms with Gasteiger partial charge in [0.15, 0.2) is 6.29 Å². The highest BCUT2D eigenvalue weighted by molar-refractivity contribution is 5.79. The molecular weight excluding hydrogens is 718 g/mol. The van der Waals surface area contributed by atoms with E-state index in [9.17, 15) is 39.8 Å². The highest BCUT2D eigenvalue weighted by atomic mass is 16.7. The summed E-state index contributed by atoms with van der Waals surface area (Å²) in [4.78, 5) is 54.1. The van der Waals surface area contributed by atoms with Gasteiger partial charge in [-0.15, -0.1) is 0 Å². The second-order valence-electron chi connectivity index (χ2n) is 16.0. The molecule has 0 aliphatic carbocycles. The molecule has 1 aromatic rings. The summed E-state index contributed by atoms with van der Waals surface area (Å²) in [6, 6.07) is 4.11. The maximum atomic E-state index is 14.1. The zero-order chi connectivity index (χ0) is 41.6. The van der Waals surface area contributed by atoms with Crippen LogP contribution in [0.15, 0.2) is 24.3 Å². The van der Waals surface area contributed by atoms with E-state index in [2.05, 4.69) is 5.32 Å². The fourth-order valence-electron chi connectivity index (χ4n) is 7.98. The van der Waals surface area contributed by atoms with Gasteiger partial charge in [-0.3, -0.25) is 24.5 Å². The molecule has 3 rings (SSSR count). The molecule has 0 saturated carbocycles. The zero-order valence-electron chi connectivity index (χ0n) is 34.1. The quantitative estimate of drug-likeness (QED) is 0.153. The molecule has 2 heterocycles. The van der Waals surface area contributed by atoms with Crippen molar-refractivity contribution in [2.75, 3.05) is 20.7 Å². The zero-order valence-corrected chi connectivity index (χ0v) is 34.1. The van der Waals surface area contributed by atoms with E-state index in [1.807, 2.05) is 25.9 Å². The van der Waals surface area contributed by atoms with E-state index in [-0.39, 0.29) is 43.7 Å². The monoisotopic (exact) mass is 781 g/mol. The van der Waals surface area contributed by atoms with Crippen LogP contribution in [0, 0.1) is 27.9 Å². The van der Waals surface area contributed by atoms with Crippen molar-refractivity contribution in [3.63, 3.8) is 0 Å². The molecule has 2 saturated heterocycles. The van der Waals surface area contributed by atoms with Crippen molar-refractivity contribution >= 4 is 23.5 Å². The molecule has 0 radical (unpaired) electrons. The number of nitrogens with one attached hydrogen (secondary N) is 1. The predicted octanol–water partition coefficient (Wildman–Crippen LogP) is 2.91. The number of benzene rings is 1. The van der Waals surface area contributed by atoms with Gasteiger partial charge in [-0.25, -0.2) is 0 Å². The largest absolute Gasteiger partial charge is 0.461 e. The minimum Gasteiger partial charge on any atom is -0.461 e. The molecule has 312 valence electrons. The molecule has 2 aliphatic rings. The van der Waals surface area contributed by atoms with E-state index in [0.717, 1.165) is 0 Å². The highest BCUT2D eigenvalue weighted by Crippen LogP contribution is 2.39. The summed E-state index contributed by atoms with van der Waals surface area (Å²) in [5, 5.41) is 48.4. The normalized spacial score (nSPS) is 38.3. The number of nitro groups is 1. The average Bonchev–Trinajstić information content (AvgIpc) is 3.11. The standard InChI is InChI=1S/C39H63N3O13/c1-12-29-39(9,48)33(45)25(7)40-35(46)21(3)20-38(8,51-13-2)34(55-37-31(44)28(41(10)11)18-22(4)52-37)23(5)32(24(6)36(47)53-29)54-30(43)19-26-14-16-27(17-15-26)42(49)50/h14-17,21-25,28-29,31-34,37,44-45,48H,12-13,18-20H2,1-11H3,(H,40,46)/t21-,22-,23+,24-,25-,28+,29-,31-,32+,33-,34-,37+,38-,39-/m1/s1. The first kappa shape index (κ1) is 46.1. The maximum Gasteiger partial charge on any atom is 0.312 e. The third-order valence-electron chi connectivity index (χ3n) is 11.1. The summed E-state index contributed by atoms with van der Waals surface area (Å²) in [5.41, 5.74) is -3.07. The summed E-state index contributed by atoms with van der Waals surface area (Å²) in [6.07, 6.45) is -7.45. The van der Waals surface area contributed by atoms with E-state index in [1.165, 1.54) is 38.1 Å². The molecular formula is C39H63N3O13. The van der Waals surface area contributed by atoms with Crippen LogP contribution in [0.4, 0.5) is 5.69 Å². The van der Waals surface area contributed by atoms with Crippen LogP contribution >= 0.6 is 0 Å². The lowest BCUT2D eigenvalue weighted by Gasteiger charge is -2.48. The predicted molar refractivity (Wildman–Crippen MR) is 201 cm³/mol. The van der Waals surface area contributed by atoms with Crippen molar-refractivity contribution in [2.45, 2.75) is 154 Å². The number of cyclic esters (lactones) is 1. The number of likely N-dealkylation sites (N-methyl/N-ethyl adjacent to an activating group) is 1. The lowest BCUT2D eigenvalue weighted by molar-refractivity contribution is -0.384. The van der Waals surface area contributed by atoms with Crippen LogP contribution in [0.1, 0.15) is 87.1 Å². The Morgan fingerprint density at radius 1 is 1.07 bits per heavy atom. The molecule has 16 nitrogen and oxygen atoms in total. The summed E-state index contributed by atoms with van der Waals surface area (Å²) in [7, 11) is 3.68. The van der Waals surface area contributed by atoms with Gasteiger partial charge in [0.1, 0.15) is 30.0 Å². The molecule has 1 aromatic carbocycles. The van der Waals surface area contributed by atoms with Crippen molar-refractivity contribution in [1.82, 2.24) is 10.2 Å². The molecule has 4 N–H and O–H groups in total. The molecule has 55 heavy (non-hydrogen) atoms. The Bertz CT molecular complexity index is 1460. The van der Waals surface area contributed by atoms with Crippen molar-refractivity contribution in [2.24, 2.45) is 17.8 Å². The van der Waals surface area contributed by atoms with Gasteiger partial charge in [-0.2, -0.15) is 0 Å². The van der Waals surface area contributed by atoms with Crippen LogP contribution in [0.3, 0.4) is 0 Å². The molecule has 1 amide bonds. The third-order valence-corrected chi connectivity index (χ3v) is 11.1. The Balaban J connectivity index is 2.21. The van der Waals surface area contributed by atoms with E-state index >= 15 is 0 Å². The van der Waals surface area contributed by atoms with Crippen LogP contribution in [0.2, 0.25) is 0 Å². The Labute approximate surface area is 324 Å². The second-order valence-corrected chi connectivity index (χ2v) is 16.0. The van der Waals surface area contributed by atoms with Gasteiger partial charge >= 0.3 is 11.9 Å². The first-order valence-electron chi connectivity index (χ1n) is 19.2. The summed E-state index contributed by atoms with van der Waals surface area (Å²) < 4.78 is 31.4. The number of amides is 1. The number of rotatable bonds is 10. The Kier molecular flexibility index (Phi) is 16.2. The fraction of sp³-hybridized carbons (Fsp3) is 0.769. The summed E-state index contributed by atoms with van der Waals surface area (Å²) in [6.45, 7) is 15.0. The van der Waals surface area contributed by atoms with E-state index in [0.29, 0.717) is 12.0 Å². The molecule has 2 aliphatic heterocycles. The van der Waals surface area contributed by atoms with Crippen LogP contribution in [-0.2, 0) is 44.5 Å². The number of carbonyl (C=O) groups excluding carboxylic acids is 3. The number of ether oxygens (including phenoxy) is 5. The van der Waals surface area contributed by atoms with Crippen molar-refractivity contribution in [3.8, 4) is 0 Å². The third kappa shape index (κ3) is 11.2. The number of carbonyl (C=O) groups is 3. The lowest BCUT2D eigenvalue weighted by atomic mass is 9.77. The Morgan fingerprint density at radius 2 is 1.69 bits per heavy atom. The molecule has 0 aromatic heterocycles. The van der Waals surface area contributed by atoms with Gasteiger partial charge in [-0.1, -0.05) is 32.9 Å². The molecule has 0 spiro atoms. The van der Waals surface area contributed by atoms with Crippen molar-refractivity contribution < 1.29 is 58.3 Å². The SMILES string of the molecule is CCO[C@]1(C)C[C@@H](C)C(=O)N[C@H](C)[C@@H](O)[C@](C)(O)[C@@H](CC)OC(=O)[C@H](C)[C@@H](OC(=O)Cc2ccc([N+](=O)[O-])cc2)[C@H](C)[C@H]1O[C@@H]1O[C@H](C)C[C@H](N(C)C)[C@H]1O. The number of hydrogen-bond acceptors (Lipinski definition) is 14. The van der Waals surface area contributed by atoms with Gasteiger partial charge < -0.3 is 49.2 Å². The minimum atomic E-state index is -2.01. The van der Waals surface area contributed by atoms with E-state index in [4.69, 9.17) is 23.7 Å². The van der Waals surface area contributed by atoms with Gasteiger partial charge in [0.2, 0.25) is 5.91 Å². The number of aliphatic hydroxyl groups excluding tert-OH is 2. The molecule has 16 heteroatoms. The van der Waals surface area contributed by atoms with Crippen LogP contribution < -0.4 is 5.32 Å². The molecule has 2 fully saturated rings. The highest BCUT2D eigenvalue weighted by Gasteiger charge is 2.52. The fourth-order valence-corrected chi connectivity index (χ4v) is 7.98. The molecule has 0 bridgehead atoms. The molecule has 14 atom stereocenters. The summed E-state index contributed by atoms with van der Waals surface area (Å²) >= 11 is 0. The summed E-state index contributed by atoms with van der Waals surface area (Å²) in [5.74, 6) is -4.91. The van der Waals surface area contributed by atoms with Crippen LogP contribution in [0.25, 0.3) is 0 Å². The smallest absolute Gasteiger partial charge is 0.312 e. The van der Waals surface area contributed by atoms with E-state index < -0.39 is 94.6 Å². The molecule has 0 unspecified atom stereocenters. The van der Waals surface area contributed by atoms with Crippen LogP contribution in [-0.4, -0.2) is 130 Å². The van der Waals surface area contributed by atoms with Crippen LogP contribution in [0.5, 0.6) is 0 Å². The number of nitro benzene ring substituents is 1. The first-order chi connectivity index (χ1) is 25.6. The van der Waals surface area contributed by atoms with E-state index in [1.54, 1.807) is 41.5 Å². The van der Waals surface area contributed by atoms with Crippen molar-refractivity contribution in [1.29, 1.82) is 0 Å². The number of non-ortho nitro benzene ring substituents is 1. The minimum absolute atomic E-state index is 0.0379. The first-order valence-corrected chi connectivity index (χ1v) is 19.2. The number of nitrogens with zero attached hydrogens (tertiary/aromatic N) is 2.